The molecule has 1 aromatic carbocycles. The molecule has 0 saturated carbocycles. The van der Waals surface area contributed by atoms with Crippen LogP contribution in [0.15, 0.2) is 24.7 Å². The van der Waals surface area contributed by atoms with Crippen LogP contribution in [0.1, 0.15) is 5.69 Å². The lowest BCUT2D eigenvalue weighted by Gasteiger charge is -2.06. The SMILES string of the molecule is Cc1cnc2c(-c3ccc(Cl)c(F)c3F)ncnc2n1. The molecule has 0 unspecified atom stereocenters. The van der Waals surface area contributed by atoms with Crippen LogP contribution >= 0.6 is 11.6 Å². The largest absolute Gasteiger partial charge is 0.249 e. The maximum absolute atomic E-state index is 14.0. The van der Waals surface area contributed by atoms with Crippen LogP contribution in [0.5, 0.6) is 0 Å². The summed E-state index contributed by atoms with van der Waals surface area (Å²) in [6.45, 7) is 1.76. The Kier molecular flexibility index (Phi) is 3.02. The Morgan fingerprint density at radius 3 is 2.65 bits per heavy atom. The summed E-state index contributed by atoms with van der Waals surface area (Å²) in [6, 6.07) is 2.62. The molecule has 0 atom stereocenters. The van der Waals surface area contributed by atoms with E-state index in [1.54, 1.807) is 6.92 Å². The van der Waals surface area contributed by atoms with E-state index in [4.69, 9.17) is 11.6 Å². The van der Waals surface area contributed by atoms with Gasteiger partial charge in [-0.25, -0.2) is 28.7 Å². The molecule has 0 bridgehead atoms. The molecule has 100 valence electrons. The zero-order valence-corrected chi connectivity index (χ0v) is 11.0. The van der Waals surface area contributed by atoms with Crippen LogP contribution in [0.3, 0.4) is 0 Å². The van der Waals surface area contributed by atoms with Crippen molar-refractivity contribution in [2.45, 2.75) is 6.92 Å². The first-order valence-electron chi connectivity index (χ1n) is 5.66. The highest BCUT2D eigenvalue weighted by atomic mass is 35.5. The molecule has 2 aromatic heterocycles. The van der Waals surface area contributed by atoms with Crippen LogP contribution < -0.4 is 0 Å². The average Bonchev–Trinajstić information content (AvgIpc) is 2.44. The molecule has 0 saturated heterocycles. The average molecular weight is 293 g/mol. The number of halogens is 3. The predicted octanol–water partition coefficient (Wildman–Crippen LogP) is 3.33. The van der Waals surface area contributed by atoms with Gasteiger partial charge in [0.2, 0.25) is 0 Å². The van der Waals surface area contributed by atoms with Crippen molar-refractivity contribution in [3.05, 3.63) is 47.0 Å². The first-order valence-corrected chi connectivity index (χ1v) is 6.04. The minimum absolute atomic E-state index is 0.0301. The number of hydrogen-bond donors (Lipinski definition) is 0. The molecular formula is C13H7ClF2N4. The fourth-order valence-corrected chi connectivity index (χ4v) is 1.98. The second-order valence-electron chi connectivity index (χ2n) is 4.13. The third-order valence-electron chi connectivity index (χ3n) is 2.76. The Labute approximate surface area is 117 Å². The van der Waals surface area contributed by atoms with Gasteiger partial charge in [-0.1, -0.05) is 11.6 Å². The van der Waals surface area contributed by atoms with E-state index in [1.165, 1.54) is 24.7 Å². The zero-order chi connectivity index (χ0) is 14.3. The van der Waals surface area contributed by atoms with E-state index in [-0.39, 0.29) is 16.3 Å². The number of aryl methyl sites for hydroxylation is 1. The monoisotopic (exact) mass is 292 g/mol. The summed E-state index contributed by atoms with van der Waals surface area (Å²) in [4.78, 5) is 16.3. The van der Waals surface area contributed by atoms with Crippen LogP contribution in [0, 0.1) is 18.6 Å². The summed E-state index contributed by atoms with van der Waals surface area (Å²) in [5.41, 5.74) is 1.45. The maximum Gasteiger partial charge on any atom is 0.182 e. The van der Waals surface area contributed by atoms with Crippen LogP contribution in [-0.2, 0) is 0 Å². The number of benzene rings is 1. The van der Waals surface area contributed by atoms with E-state index in [1.807, 2.05) is 0 Å². The molecule has 2 heterocycles. The van der Waals surface area contributed by atoms with E-state index in [2.05, 4.69) is 19.9 Å². The fraction of sp³-hybridized carbons (Fsp3) is 0.0769. The first-order chi connectivity index (χ1) is 9.58. The second kappa shape index (κ2) is 4.72. The topological polar surface area (TPSA) is 51.6 Å². The Morgan fingerprint density at radius 1 is 1.05 bits per heavy atom. The molecule has 0 aliphatic heterocycles. The van der Waals surface area contributed by atoms with Crippen molar-refractivity contribution in [1.82, 2.24) is 19.9 Å². The summed E-state index contributed by atoms with van der Waals surface area (Å²) < 4.78 is 27.5. The van der Waals surface area contributed by atoms with Gasteiger partial charge in [0.1, 0.15) is 17.5 Å². The lowest BCUT2D eigenvalue weighted by molar-refractivity contribution is 0.511. The van der Waals surface area contributed by atoms with Gasteiger partial charge < -0.3 is 0 Å². The quantitative estimate of drug-likeness (QED) is 0.646. The van der Waals surface area contributed by atoms with Gasteiger partial charge in [-0.15, -0.1) is 0 Å². The van der Waals surface area contributed by atoms with Crippen LogP contribution in [-0.4, -0.2) is 19.9 Å². The molecule has 3 aromatic rings. The third-order valence-corrected chi connectivity index (χ3v) is 3.05. The summed E-state index contributed by atoms with van der Waals surface area (Å²) in [5, 5.41) is -0.286. The molecule has 20 heavy (non-hydrogen) atoms. The molecule has 0 amide bonds. The zero-order valence-electron chi connectivity index (χ0n) is 10.2. The molecule has 0 aliphatic rings. The smallest absolute Gasteiger partial charge is 0.182 e. The standard InChI is InChI=1S/C13H7ClF2N4/c1-6-4-17-12-11(18-5-19-13(12)20-6)7-2-3-8(14)10(16)9(7)15/h2-5H,1H3. The van der Waals surface area contributed by atoms with Gasteiger partial charge in [-0.3, -0.25) is 0 Å². The van der Waals surface area contributed by atoms with Crippen LogP contribution in [0.2, 0.25) is 5.02 Å². The van der Waals surface area contributed by atoms with E-state index >= 15 is 0 Å². The van der Waals surface area contributed by atoms with E-state index in [0.29, 0.717) is 16.9 Å². The molecule has 0 radical (unpaired) electrons. The first kappa shape index (κ1) is 12.8. The van der Waals surface area contributed by atoms with Gasteiger partial charge in [-0.2, -0.15) is 0 Å². The van der Waals surface area contributed by atoms with Gasteiger partial charge in [0.15, 0.2) is 17.3 Å². The van der Waals surface area contributed by atoms with Gasteiger partial charge in [0, 0.05) is 11.8 Å². The molecule has 3 rings (SSSR count). The molecule has 0 spiro atoms. The van der Waals surface area contributed by atoms with Crippen molar-refractivity contribution in [2.24, 2.45) is 0 Å². The van der Waals surface area contributed by atoms with Crippen molar-refractivity contribution in [3.8, 4) is 11.3 Å². The van der Waals surface area contributed by atoms with Crippen molar-refractivity contribution < 1.29 is 8.78 Å². The fourth-order valence-electron chi connectivity index (χ4n) is 1.83. The van der Waals surface area contributed by atoms with Gasteiger partial charge in [-0.05, 0) is 19.1 Å². The Morgan fingerprint density at radius 2 is 1.85 bits per heavy atom. The lowest BCUT2D eigenvalue weighted by atomic mass is 10.1. The minimum atomic E-state index is -1.11. The summed E-state index contributed by atoms with van der Waals surface area (Å²) in [6.07, 6.45) is 2.75. The second-order valence-corrected chi connectivity index (χ2v) is 4.54. The van der Waals surface area contributed by atoms with Gasteiger partial charge in [0.25, 0.3) is 0 Å². The van der Waals surface area contributed by atoms with Crippen LogP contribution in [0.25, 0.3) is 22.4 Å². The minimum Gasteiger partial charge on any atom is -0.249 e. The van der Waals surface area contributed by atoms with Crippen molar-refractivity contribution in [1.29, 1.82) is 0 Å². The number of fused-ring (bicyclic) bond motifs is 1. The molecule has 4 nitrogen and oxygen atoms in total. The number of hydrogen-bond acceptors (Lipinski definition) is 4. The predicted molar refractivity (Wildman–Crippen MR) is 70.2 cm³/mol. The highest BCUT2D eigenvalue weighted by Gasteiger charge is 2.17. The van der Waals surface area contributed by atoms with Crippen molar-refractivity contribution in [3.63, 3.8) is 0 Å². The van der Waals surface area contributed by atoms with Crippen molar-refractivity contribution >= 4 is 22.8 Å². The molecule has 7 heteroatoms. The molecule has 0 fully saturated rings. The maximum atomic E-state index is 14.0. The Bertz CT molecular complexity index is 823. The molecule has 0 N–H and O–H groups in total. The number of aromatic nitrogens is 4. The highest BCUT2D eigenvalue weighted by Crippen LogP contribution is 2.29. The van der Waals surface area contributed by atoms with Gasteiger partial charge >= 0.3 is 0 Å². The van der Waals surface area contributed by atoms with E-state index in [9.17, 15) is 8.78 Å². The van der Waals surface area contributed by atoms with E-state index < -0.39 is 11.6 Å². The molecular weight excluding hydrogens is 286 g/mol. The van der Waals surface area contributed by atoms with Crippen LogP contribution in [0.4, 0.5) is 8.78 Å². The summed E-state index contributed by atoms with van der Waals surface area (Å²) >= 11 is 5.54. The molecule has 0 aliphatic carbocycles. The number of nitrogens with zero attached hydrogens (tertiary/aromatic N) is 4. The van der Waals surface area contributed by atoms with Crippen molar-refractivity contribution in [2.75, 3.05) is 0 Å². The highest BCUT2D eigenvalue weighted by molar-refractivity contribution is 6.30. The Hall–Kier alpha value is -2.21. The van der Waals surface area contributed by atoms with Gasteiger partial charge in [0.05, 0.1) is 10.7 Å². The third kappa shape index (κ3) is 1.98. The Balaban J connectivity index is 2.33. The number of rotatable bonds is 1. The summed E-state index contributed by atoms with van der Waals surface area (Å²) in [7, 11) is 0. The normalized spacial score (nSPS) is 11.0. The lowest BCUT2D eigenvalue weighted by Crippen LogP contribution is -1.98. The van der Waals surface area contributed by atoms with E-state index in [0.717, 1.165) is 0 Å². The summed E-state index contributed by atoms with van der Waals surface area (Å²) in [5.74, 6) is -2.18.